The van der Waals surface area contributed by atoms with Crippen molar-refractivity contribution in [3.05, 3.63) is 83.9 Å². The zero-order valence-corrected chi connectivity index (χ0v) is 20.6. The number of carbonyl (C=O) groups excluding carboxylic acids is 1. The normalized spacial score (nSPS) is 17.3. The molecule has 3 aromatic carbocycles. The number of carbonyl (C=O) groups is 1. The summed E-state index contributed by atoms with van der Waals surface area (Å²) in [6, 6.07) is 20.1. The number of alkyl halides is 1. The monoisotopic (exact) mass is 530 g/mol. The fourth-order valence-corrected chi connectivity index (χ4v) is 4.72. The maximum Gasteiger partial charge on any atom is 0.298 e. The van der Waals surface area contributed by atoms with Gasteiger partial charge < -0.3 is 14.8 Å². The van der Waals surface area contributed by atoms with E-state index in [1.165, 1.54) is 36.3 Å². The summed E-state index contributed by atoms with van der Waals surface area (Å²) in [5, 5.41) is 2.97. The van der Waals surface area contributed by atoms with E-state index in [2.05, 4.69) is 5.32 Å². The fraction of sp³-hybridized carbons (Fsp3) is 0.0833. The first-order valence-electron chi connectivity index (χ1n) is 10.2. The number of thiocarbonyl (C=S) groups is 1. The first-order chi connectivity index (χ1) is 16.7. The Labute approximate surface area is 212 Å². The lowest BCUT2D eigenvalue weighted by molar-refractivity contribution is -0.114. The van der Waals surface area contributed by atoms with Crippen LogP contribution in [0, 0.1) is 0 Å². The molecule has 1 aliphatic heterocycles. The summed E-state index contributed by atoms with van der Waals surface area (Å²) in [5.41, 5.74) is -0.0381. The van der Waals surface area contributed by atoms with Gasteiger partial charge in [0.05, 0.1) is 18.4 Å². The summed E-state index contributed by atoms with van der Waals surface area (Å²) in [4.78, 5) is 14.2. The van der Waals surface area contributed by atoms with Crippen LogP contribution < -0.4 is 19.7 Å². The van der Waals surface area contributed by atoms with E-state index in [0.29, 0.717) is 22.7 Å². The Morgan fingerprint density at radius 1 is 1.06 bits per heavy atom. The molecule has 0 aromatic heterocycles. The number of nitrogens with zero attached hydrogens (tertiary/aromatic N) is 1. The summed E-state index contributed by atoms with van der Waals surface area (Å²) >= 11 is 11.7. The maximum atomic E-state index is 13.4. The van der Waals surface area contributed by atoms with E-state index >= 15 is 0 Å². The van der Waals surface area contributed by atoms with Gasteiger partial charge in [0.1, 0.15) is 27.6 Å². The molecule has 1 aliphatic rings. The van der Waals surface area contributed by atoms with Crippen molar-refractivity contribution in [2.75, 3.05) is 12.0 Å². The molecule has 3 aromatic rings. The van der Waals surface area contributed by atoms with Crippen molar-refractivity contribution in [3.63, 3.8) is 0 Å². The molecule has 0 aliphatic carbocycles. The van der Waals surface area contributed by atoms with Gasteiger partial charge in [0, 0.05) is 0 Å². The summed E-state index contributed by atoms with van der Waals surface area (Å²) in [5.74, 6) is 0.719. The average molecular weight is 531 g/mol. The Bertz CT molecular complexity index is 1410. The van der Waals surface area contributed by atoms with E-state index in [9.17, 15) is 17.8 Å². The molecule has 8 nitrogen and oxygen atoms in total. The second-order valence-corrected chi connectivity index (χ2v) is 9.56. The Balaban J connectivity index is 1.64. The largest absolute Gasteiger partial charge is 0.495 e. The van der Waals surface area contributed by atoms with Crippen LogP contribution in [0.3, 0.4) is 0 Å². The topological polar surface area (TPSA) is 105 Å². The lowest BCUT2D eigenvalue weighted by Gasteiger charge is -2.33. The highest BCUT2D eigenvalue weighted by Gasteiger charge is 2.34. The molecule has 0 saturated carbocycles. The number of hydrogen-bond donors (Lipinski definition) is 2. The van der Waals surface area contributed by atoms with Crippen molar-refractivity contribution in [3.8, 4) is 17.2 Å². The number of methoxy groups -OCH3 is 1. The molecule has 1 saturated heterocycles. The molecule has 1 unspecified atom stereocenters. The van der Waals surface area contributed by atoms with Crippen LogP contribution in [-0.2, 0) is 14.9 Å². The first-order valence-corrected chi connectivity index (χ1v) is 12.4. The zero-order chi connectivity index (χ0) is 25.2. The van der Waals surface area contributed by atoms with Gasteiger partial charge in [-0.15, -0.1) is 0 Å². The first kappa shape index (κ1) is 24.7. The van der Waals surface area contributed by atoms with E-state index in [4.69, 9.17) is 33.3 Å². The number of hydrogen-bond acceptors (Lipinski definition) is 6. The highest BCUT2D eigenvalue weighted by molar-refractivity contribution is 7.86. The molecule has 1 atom stereocenters. The number of amides is 1. The van der Waals surface area contributed by atoms with Gasteiger partial charge in [0.15, 0.2) is 5.11 Å². The molecule has 4 rings (SSSR count). The summed E-state index contributed by atoms with van der Waals surface area (Å²) in [6.07, 6.45) is 1.42. The van der Waals surface area contributed by atoms with Gasteiger partial charge in [-0.25, -0.2) is 0 Å². The second kappa shape index (κ2) is 10.0. The lowest BCUT2D eigenvalue weighted by atomic mass is 10.1. The van der Waals surface area contributed by atoms with Gasteiger partial charge >= 0.3 is 0 Å². The highest BCUT2D eigenvalue weighted by Crippen LogP contribution is 2.30. The minimum Gasteiger partial charge on any atom is -0.495 e. The van der Waals surface area contributed by atoms with Crippen LogP contribution in [0.25, 0.3) is 6.08 Å². The van der Waals surface area contributed by atoms with E-state index in [0.717, 1.165) is 0 Å². The van der Waals surface area contributed by atoms with Gasteiger partial charge in [-0.3, -0.25) is 14.2 Å². The third-order valence-corrected chi connectivity index (χ3v) is 6.56. The third kappa shape index (κ3) is 5.46. The number of ether oxygens (including phenoxy) is 2. The molecule has 1 fully saturated rings. The molecule has 1 amide bonds. The maximum absolute atomic E-state index is 13.4. The fourth-order valence-electron chi connectivity index (χ4n) is 3.40. The Hall–Kier alpha value is -3.44. The van der Waals surface area contributed by atoms with E-state index in [1.807, 2.05) is 30.3 Å². The van der Waals surface area contributed by atoms with Gasteiger partial charge in [-0.1, -0.05) is 35.9 Å². The SMILES string of the molecule is COc1ccc(/C=C2/C(=O)N(c3ccc(Oc4ccccc4)cc3)C(=S)NC2Cl)cc1S(=O)(=O)O. The van der Waals surface area contributed by atoms with Crippen molar-refractivity contribution in [2.45, 2.75) is 10.4 Å². The van der Waals surface area contributed by atoms with Gasteiger partial charge in [0.2, 0.25) is 0 Å². The summed E-state index contributed by atoms with van der Waals surface area (Å²) < 4.78 is 43.7. The van der Waals surface area contributed by atoms with E-state index in [1.54, 1.807) is 24.3 Å². The van der Waals surface area contributed by atoms with Crippen molar-refractivity contribution >= 4 is 56.7 Å². The van der Waals surface area contributed by atoms with Gasteiger partial charge in [-0.2, -0.15) is 8.42 Å². The van der Waals surface area contributed by atoms with Crippen molar-refractivity contribution < 1.29 is 27.2 Å². The van der Waals surface area contributed by atoms with Gasteiger partial charge in [-0.05, 0) is 72.4 Å². The smallest absolute Gasteiger partial charge is 0.298 e. The molecule has 0 bridgehead atoms. The summed E-state index contributed by atoms with van der Waals surface area (Å²) in [6.45, 7) is 0. The predicted octanol–water partition coefficient (Wildman–Crippen LogP) is 4.60. The molecule has 0 radical (unpaired) electrons. The number of benzene rings is 3. The highest BCUT2D eigenvalue weighted by atomic mass is 35.5. The van der Waals surface area contributed by atoms with Crippen LogP contribution >= 0.6 is 23.8 Å². The molecular weight excluding hydrogens is 512 g/mol. The quantitative estimate of drug-likeness (QED) is 0.157. The molecule has 1 heterocycles. The predicted molar refractivity (Wildman–Crippen MR) is 137 cm³/mol. The minimum atomic E-state index is -4.56. The third-order valence-electron chi connectivity index (χ3n) is 5.04. The van der Waals surface area contributed by atoms with Gasteiger partial charge in [0.25, 0.3) is 16.0 Å². The lowest BCUT2D eigenvalue weighted by Crippen LogP contribution is -2.54. The van der Waals surface area contributed by atoms with Crippen LogP contribution in [0.15, 0.2) is 83.3 Å². The van der Waals surface area contributed by atoms with Crippen LogP contribution in [0.2, 0.25) is 0 Å². The van der Waals surface area contributed by atoms with Crippen molar-refractivity contribution in [1.82, 2.24) is 5.32 Å². The number of para-hydroxylation sites is 1. The second-order valence-electron chi connectivity index (χ2n) is 7.35. The molecule has 2 N–H and O–H groups in total. The summed E-state index contributed by atoms with van der Waals surface area (Å²) in [7, 11) is -3.28. The van der Waals surface area contributed by atoms with E-state index < -0.39 is 26.4 Å². The van der Waals surface area contributed by atoms with E-state index in [-0.39, 0.29) is 16.4 Å². The Morgan fingerprint density at radius 2 is 1.71 bits per heavy atom. The standard InChI is InChI=1S/C24H19ClN2O6S2/c1-32-20-12-7-15(14-21(20)35(29,30)31)13-19-22(25)26-24(34)27(23(19)28)16-8-10-18(11-9-16)33-17-5-3-2-4-6-17/h2-14,22H,1H3,(H,26,34)(H,29,30,31)/b19-13+. The molecule has 180 valence electrons. The van der Waals surface area contributed by atoms with Crippen LogP contribution in [0.5, 0.6) is 17.2 Å². The van der Waals surface area contributed by atoms with Crippen LogP contribution in [0.1, 0.15) is 5.56 Å². The van der Waals surface area contributed by atoms with Crippen molar-refractivity contribution in [1.29, 1.82) is 0 Å². The average Bonchev–Trinajstić information content (AvgIpc) is 2.83. The van der Waals surface area contributed by atoms with Crippen molar-refractivity contribution in [2.24, 2.45) is 0 Å². The minimum absolute atomic E-state index is 0.0363. The van der Waals surface area contributed by atoms with Crippen LogP contribution in [-0.4, -0.2) is 36.6 Å². The molecular formula is C24H19ClN2O6S2. The molecule has 11 heteroatoms. The molecule has 0 spiro atoms. The number of nitrogens with one attached hydrogen (secondary N) is 1. The number of halogens is 1. The molecule has 35 heavy (non-hydrogen) atoms. The van der Waals surface area contributed by atoms with Crippen LogP contribution in [0.4, 0.5) is 5.69 Å². The number of rotatable bonds is 6. The number of anilines is 1. The Kier molecular flexibility index (Phi) is 7.08. The Morgan fingerprint density at radius 3 is 2.34 bits per heavy atom. The zero-order valence-electron chi connectivity index (χ0n) is 18.2.